The van der Waals surface area contributed by atoms with Crippen LogP contribution in [0.4, 0.5) is 0 Å². The molecule has 144 valence electrons. The van der Waals surface area contributed by atoms with Gasteiger partial charge in [0.05, 0.1) is 0 Å². The zero-order valence-electron chi connectivity index (χ0n) is 15.1. The van der Waals surface area contributed by atoms with Crippen molar-refractivity contribution < 1.29 is 38.4 Å². The lowest BCUT2D eigenvalue weighted by Gasteiger charge is -2.23. The highest BCUT2D eigenvalue weighted by Crippen LogP contribution is 2.27. The zero-order valence-corrected chi connectivity index (χ0v) is 15.1. The van der Waals surface area contributed by atoms with Crippen molar-refractivity contribution in [2.45, 2.75) is 83.9 Å². The molecule has 0 saturated carbocycles. The third-order valence-corrected chi connectivity index (χ3v) is 3.59. The van der Waals surface area contributed by atoms with Gasteiger partial charge in [-0.25, -0.2) is 0 Å². The van der Waals surface area contributed by atoms with Crippen LogP contribution >= 0.6 is 0 Å². The van der Waals surface area contributed by atoms with E-state index in [0.717, 1.165) is 0 Å². The first-order valence-electron chi connectivity index (χ1n) is 8.80. The normalized spacial score (nSPS) is 25.4. The Morgan fingerprint density at radius 2 is 1.32 bits per heavy atom. The number of ether oxygens (including phenoxy) is 4. The molecule has 0 bridgehead atoms. The van der Waals surface area contributed by atoms with Crippen LogP contribution in [0.3, 0.4) is 0 Å². The largest absolute Gasteiger partial charge is 0.463 e. The number of hydrogen-bond donors (Lipinski definition) is 1. The lowest BCUT2D eigenvalue weighted by atomic mass is 10.1. The standard InChI is InChI=1S/C17H28O8/c1-4-7-12(18)22-10-11-15(24-13(19)8-5-2)16(17(21)23-11)25-14(20)9-6-3/h11,15-17,21H,4-10H2,1-3H3/t11-,15-,16-,17?/m1/s1. The second kappa shape index (κ2) is 11.0. The number of esters is 3. The van der Waals surface area contributed by atoms with Gasteiger partial charge >= 0.3 is 17.9 Å². The second-order valence-corrected chi connectivity index (χ2v) is 5.91. The van der Waals surface area contributed by atoms with Crippen molar-refractivity contribution >= 4 is 17.9 Å². The molecule has 8 nitrogen and oxygen atoms in total. The van der Waals surface area contributed by atoms with Crippen molar-refractivity contribution in [1.82, 2.24) is 0 Å². The Balaban J connectivity index is 2.77. The van der Waals surface area contributed by atoms with Crippen LogP contribution < -0.4 is 0 Å². The van der Waals surface area contributed by atoms with Crippen molar-refractivity contribution in [2.24, 2.45) is 0 Å². The van der Waals surface area contributed by atoms with Crippen LogP contribution in [0.1, 0.15) is 59.3 Å². The van der Waals surface area contributed by atoms with Crippen LogP contribution in [0.5, 0.6) is 0 Å². The number of hydrogen-bond acceptors (Lipinski definition) is 8. The van der Waals surface area contributed by atoms with Gasteiger partial charge in [0, 0.05) is 19.3 Å². The van der Waals surface area contributed by atoms with Crippen LogP contribution in [0.25, 0.3) is 0 Å². The lowest BCUT2D eigenvalue weighted by Crippen LogP contribution is -2.41. The third-order valence-electron chi connectivity index (χ3n) is 3.59. The van der Waals surface area contributed by atoms with E-state index >= 15 is 0 Å². The molecule has 1 aliphatic heterocycles. The molecule has 0 aromatic heterocycles. The van der Waals surface area contributed by atoms with Crippen LogP contribution in [-0.2, 0) is 33.3 Å². The molecular weight excluding hydrogens is 332 g/mol. The summed E-state index contributed by atoms with van der Waals surface area (Å²) in [6, 6.07) is 0. The monoisotopic (exact) mass is 360 g/mol. The fraction of sp³-hybridized carbons (Fsp3) is 0.824. The Hall–Kier alpha value is -1.67. The molecule has 8 heteroatoms. The first-order chi connectivity index (χ1) is 11.9. The molecule has 1 saturated heterocycles. The molecule has 1 N–H and O–H groups in total. The molecule has 0 radical (unpaired) electrons. The number of aliphatic hydroxyl groups excluding tert-OH is 1. The minimum atomic E-state index is -1.45. The van der Waals surface area contributed by atoms with Crippen molar-refractivity contribution in [3.63, 3.8) is 0 Å². The number of carbonyl (C=O) groups is 3. The van der Waals surface area contributed by atoms with Crippen LogP contribution in [0.15, 0.2) is 0 Å². The number of carbonyl (C=O) groups excluding carboxylic acids is 3. The van der Waals surface area contributed by atoms with E-state index in [1.165, 1.54) is 0 Å². The summed E-state index contributed by atoms with van der Waals surface area (Å²) in [5, 5.41) is 10.0. The van der Waals surface area contributed by atoms with Gasteiger partial charge in [0.25, 0.3) is 0 Å². The summed E-state index contributed by atoms with van der Waals surface area (Å²) in [7, 11) is 0. The van der Waals surface area contributed by atoms with Gasteiger partial charge in [-0.05, 0) is 19.3 Å². The van der Waals surface area contributed by atoms with Gasteiger partial charge in [-0.15, -0.1) is 0 Å². The minimum Gasteiger partial charge on any atom is -0.463 e. The maximum Gasteiger partial charge on any atom is 0.306 e. The predicted octanol–water partition coefficient (Wildman–Crippen LogP) is 1.47. The summed E-state index contributed by atoms with van der Waals surface area (Å²) in [4.78, 5) is 35.1. The molecule has 1 rings (SSSR count). The van der Waals surface area contributed by atoms with Crippen molar-refractivity contribution in [3.05, 3.63) is 0 Å². The first-order valence-corrected chi connectivity index (χ1v) is 8.80. The lowest BCUT2D eigenvalue weighted by molar-refractivity contribution is -0.177. The van der Waals surface area contributed by atoms with Crippen molar-refractivity contribution in [1.29, 1.82) is 0 Å². The summed E-state index contributed by atoms with van der Waals surface area (Å²) in [5.74, 6) is -1.42. The smallest absolute Gasteiger partial charge is 0.306 e. The molecule has 0 amide bonds. The molecule has 1 aliphatic rings. The summed E-state index contributed by atoms with van der Waals surface area (Å²) >= 11 is 0. The van der Waals surface area contributed by atoms with E-state index < -0.39 is 42.5 Å². The Bertz CT molecular complexity index is 450. The SMILES string of the molecule is CCCC(=O)OC[C@H]1OC(O)[C@H](OC(=O)CCC)[C@@H]1OC(=O)CCC. The van der Waals surface area contributed by atoms with E-state index in [1.54, 1.807) is 0 Å². The number of aliphatic hydroxyl groups is 1. The Labute approximate surface area is 147 Å². The van der Waals surface area contributed by atoms with Crippen LogP contribution in [-0.4, -0.2) is 54.2 Å². The average molecular weight is 360 g/mol. The van der Waals surface area contributed by atoms with E-state index in [1.807, 2.05) is 20.8 Å². The topological polar surface area (TPSA) is 108 Å². The van der Waals surface area contributed by atoms with Gasteiger partial charge in [0.1, 0.15) is 12.7 Å². The number of rotatable bonds is 10. The minimum absolute atomic E-state index is 0.176. The molecular formula is C17H28O8. The highest BCUT2D eigenvalue weighted by atomic mass is 16.7. The third kappa shape index (κ3) is 6.99. The maximum atomic E-state index is 11.8. The van der Waals surface area contributed by atoms with E-state index in [4.69, 9.17) is 18.9 Å². The van der Waals surface area contributed by atoms with Gasteiger partial charge in [-0.1, -0.05) is 20.8 Å². The maximum absolute atomic E-state index is 11.8. The van der Waals surface area contributed by atoms with Crippen LogP contribution in [0.2, 0.25) is 0 Å². The van der Waals surface area contributed by atoms with Crippen LogP contribution in [0, 0.1) is 0 Å². The molecule has 4 atom stereocenters. The fourth-order valence-corrected chi connectivity index (χ4v) is 2.39. The molecule has 25 heavy (non-hydrogen) atoms. The summed E-state index contributed by atoms with van der Waals surface area (Å²) in [6.07, 6.45) is -2.08. The van der Waals surface area contributed by atoms with E-state index in [0.29, 0.717) is 19.3 Å². The molecule has 0 aliphatic carbocycles. The summed E-state index contributed by atoms with van der Waals surface area (Å²) < 4.78 is 20.9. The van der Waals surface area contributed by atoms with E-state index in [-0.39, 0.29) is 25.9 Å². The van der Waals surface area contributed by atoms with Gasteiger partial charge in [0.2, 0.25) is 0 Å². The average Bonchev–Trinajstić information content (AvgIpc) is 2.82. The molecule has 0 aromatic carbocycles. The van der Waals surface area contributed by atoms with Gasteiger partial charge in [-0.3, -0.25) is 14.4 Å². The molecule has 0 spiro atoms. The van der Waals surface area contributed by atoms with E-state index in [9.17, 15) is 19.5 Å². The van der Waals surface area contributed by atoms with E-state index in [2.05, 4.69) is 0 Å². The Kier molecular flexibility index (Phi) is 9.44. The van der Waals surface area contributed by atoms with Gasteiger partial charge in [0.15, 0.2) is 18.5 Å². The van der Waals surface area contributed by atoms with Crippen molar-refractivity contribution in [2.75, 3.05) is 6.61 Å². The second-order valence-electron chi connectivity index (χ2n) is 5.91. The Morgan fingerprint density at radius 1 is 0.840 bits per heavy atom. The highest BCUT2D eigenvalue weighted by Gasteiger charge is 2.49. The quantitative estimate of drug-likeness (QED) is 0.461. The molecule has 0 aromatic rings. The fourth-order valence-electron chi connectivity index (χ4n) is 2.39. The highest BCUT2D eigenvalue weighted by molar-refractivity contribution is 5.71. The summed E-state index contributed by atoms with van der Waals surface area (Å²) in [6.45, 7) is 5.29. The molecule has 1 heterocycles. The Morgan fingerprint density at radius 3 is 1.84 bits per heavy atom. The van der Waals surface area contributed by atoms with Gasteiger partial charge < -0.3 is 24.1 Å². The van der Waals surface area contributed by atoms with Crippen molar-refractivity contribution in [3.8, 4) is 0 Å². The molecule has 1 unspecified atom stereocenters. The van der Waals surface area contributed by atoms with Gasteiger partial charge in [-0.2, -0.15) is 0 Å². The summed E-state index contributed by atoms with van der Waals surface area (Å²) in [5.41, 5.74) is 0. The molecule has 1 fully saturated rings. The zero-order chi connectivity index (χ0) is 18.8. The first kappa shape index (κ1) is 21.4. The predicted molar refractivity (Wildman–Crippen MR) is 86.3 cm³/mol.